The second kappa shape index (κ2) is 7.38. The maximum Gasteiger partial charge on any atom is 0.0731 e. The molecule has 1 unspecified atom stereocenters. The lowest BCUT2D eigenvalue weighted by Gasteiger charge is -2.16. The highest BCUT2D eigenvalue weighted by Gasteiger charge is 2.15. The first-order valence-corrected chi connectivity index (χ1v) is 8.67. The fourth-order valence-corrected chi connectivity index (χ4v) is 3.91. The number of rotatable bonds is 7. The first kappa shape index (κ1) is 15.7. The molecule has 110 valence electrons. The normalized spacial score (nSPS) is 12.8. The number of hydrogen-bond acceptors (Lipinski definition) is 3. The summed E-state index contributed by atoms with van der Waals surface area (Å²) in [7, 11) is 1.97. The van der Waals surface area contributed by atoms with Gasteiger partial charge in [-0.2, -0.15) is 5.10 Å². The zero-order valence-corrected chi connectivity index (χ0v) is 14.7. The fourth-order valence-electron chi connectivity index (χ4n) is 2.23. The summed E-state index contributed by atoms with van der Waals surface area (Å²) in [4.78, 5) is 1.42. The zero-order valence-electron chi connectivity index (χ0n) is 12.3. The Hall–Kier alpha value is -0.650. The second-order valence-electron chi connectivity index (χ2n) is 5.17. The van der Waals surface area contributed by atoms with Gasteiger partial charge in [0.25, 0.3) is 0 Å². The summed E-state index contributed by atoms with van der Waals surface area (Å²) in [5, 5.41) is 7.90. The van der Waals surface area contributed by atoms with Gasteiger partial charge >= 0.3 is 0 Å². The van der Waals surface area contributed by atoms with Crippen LogP contribution in [0.25, 0.3) is 0 Å². The van der Waals surface area contributed by atoms with Gasteiger partial charge in [-0.05, 0) is 65.9 Å². The topological polar surface area (TPSA) is 29.9 Å². The average Bonchev–Trinajstić information content (AvgIpc) is 2.97. The number of nitrogens with one attached hydrogen (secondary N) is 1. The van der Waals surface area contributed by atoms with Gasteiger partial charge < -0.3 is 5.32 Å². The summed E-state index contributed by atoms with van der Waals surface area (Å²) in [6.07, 6.45) is 7.40. The molecule has 2 aromatic heterocycles. The summed E-state index contributed by atoms with van der Waals surface area (Å²) >= 11 is 5.48. The van der Waals surface area contributed by atoms with Crippen molar-refractivity contribution in [3.63, 3.8) is 0 Å². The number of nitrogens with zero attached hydrogens (tertiary/aromatic N) is 2. The number of aryl methyl sites for hydroxylation is 3. The Bertz CT molecular complexity index is 528. The van der Waals surface area contributed by atoms with Crippen LogP contribution in [0.4, 0.5) is 0 Å². The lowest BCUT2D eigenvalue weighted by Crippen LogP contribution is -2.21. The molecule has 0 amide bonds. The van der Waals surface area contributed by atoms with Crippen molar-refractivity contribution in [1.29, 1.82) is 0 Å². The summed E-state index contributed by atoms with van der Waals surface area (Å²) < 4.78 is 3.12. The van der Waals surface area contributed by atoms with Crippen LogP contribution >= 0.6 is 27.3 Å². The van der Waals surface area contributed by atoms with Crippen molar-refractivity contribution in [2.75, 3.05) is 6.54 Å². The molecule has 5 heteroatoms. The highest BCUT2D eigenvalue weighted by atomic mass is 79.9. The molecule has 2 heterocycles. The zero-order chi connectivity index (χ0) is 14.5. The predicted octanol–water partition coefficient (Wildman–Crippen LogP) is 4.23. The van der Waals surface area contributed by atoms with Crippen molar-refractivity contribution < 1.29 is 0 Å². The van der Waals surface area contributed by atoms with Gasteiger partial charge in [0.05, 0.1) is 9.98 Å². The van der Waals surface area contributed by atoms with E-state index in [2.05, 4.69) is 52.5 Å². The van der Waals surface area contributed by atoms with Crippen LogP contribution in [0.1, 0.15) is 41.8 Å². The molecule has 3 nitrogen and oxygen atoms in total. The highest BCUT2D eigenvalue weighted by molar-refractivity contribution is 9.11. The van der Waals surface area contributed by atoms with Crippen molar-refractivity contribution in [3.8, 4) is 0 Å². The Morgan fingerprint density at radius 3 is 2.85 bits per heavy atom. The van der Waals surface area contributed by atoms with Gasteiger partial charge in [-0.25, -0.2) is 0 Å². The van der Waals surface area contributed by atoms with Crippen LogP contribution < -0.4 is 5.32 Å². The molecule has 1 atom stereocenters. The van der Waals surface area contributed by atoms with E-state index >= 15 is 0 Å². The Morgan fingerprint density at radius 2 is 2.30 bits per heavy atom. The summed E-state index contributed by atoms with van der Waals surface area (Å²) in [6.45, 7) is 5.43. The molecular formula is C15H22BrN3S. The molecule has 0 aliphatic carbocycles. The van der Waals surface area contributed by atoms with Crippen LogP contribution in [0.3, 0.4) is 0 Å². The molecule has 0 aliphatic heterocycles. The molecule has 0 saturated carbocycles. The summed E-state index contributed by atoms with van der Waals surface area (Å²) in [6, 6.07) is 2.73. The Balaban J connectivity index is 2.03. The SMILES string of the molecule is CCCNC(CCc1cnn(C)c1)c1cc(C)c(Br)s1. The van der Waals surface area contributed by atoms with E-state index < -0.39 is 0 Å². The molecule has 0 spiro atoms. The maximum atomic E-state index is 4.24. The van der Waals surface area contributed by atoms with Crippen molar-refractivity contribution in [3.05, 3.63) is 38.3 Å². The molecule has 0 saturated heterocycles. The molecule has 0 aromatic carbocycles. The van der Waals surface area contributed by atoms with E-state index in [0.717, 1.165) is 25.8 Å². The largest absolute Gasteiger partial charge is 0.309 e. The van der Waals surface area contributed by atoms with Crippen molar-refractivity contribution >= 4 is 27.3 Å². The van der Waals surface area contributed by atoms with E-state index in [0.29, 0.717) is 6.04 Å². The molecule has 20 heavy (non-hydrogen) atoms. The minimum Gasteiger partial charge on any atom is -0.309 e. The average molecular weight is 356 g/mol. The van der Waals surface area contributed by atoms with Crippen LogP contribution in [-0.4, -0.2) is 16.3 Å². The van der Waals surface area contributed by atoms with Gasteiger partial charge in [-0.15, -0.1) is 11.3 Å². The van der Waals surface area contributed by atoms with Crippen LogP contribution in [-0.2, 0) is 13.5 Å². The van der Waals surface area contributed by atoms with Gasteiger partial charge in [0, 0.05) is 24.2 Å². The van der Waals surface area contributed by atoms with Gasteiger partial charge in [0.2, 0.25) is 0 Å². The van der Waals surface area contributed by atoms with Crippen molar-refractivity contribution in [1.82, 2.24) is 15.1 Å². The standard InChI is InChI=1S/C15H22BrN3S/c1-4-7-17-13(14-8-11(2)15(16)20-14)6-5-12-9-18-19(3)10-12/h8-10,13,17H,4-7H2,1-3H3. The number of aromatic nitrogens is 2. The van der Waals surface area contributed by atoms with E-state index in [1.165, 1.54) is 19.8 Å². The lowest BCUT2D eigenvalue weighted by atomic mass is 10.1. The molecule has 2 aromatic rings. The summed E-state index contributed by atoms with van der Waals surface area (Å²) in [5.41, 5.74) is 2.64. The Morgan fingerprint density at radius 1 is 1.50 bits per heavy atom. The molecule has 0 bridgehead atoms. The predicted molar refractivity (Wildman–Crippen MR) is 89.3 cm³/mol. The third-order valence-electron chi connectivity index (χ3n) is 3.34. The maximum absolute atomic E-state index is 4.24. The van der Waals surface area contributed by atoms with Crippen molar-refractivity contribution in [2.45, 2.75) is 39.2 Å². The van der Waals surface area contributed by atoms with Crippen LogP contribution in [0.5, 0.6) is 0 Å². The molecular weight excluding hydrogens is 334 g/mol. The monoisotopic (exact) mass is 355 g/mol. The van der Waals surface area contributed by atoms with E-state index in [9.17, 15) is 0 Å². The van der Waals surface area contributed by atoms with E-state index in [1.807, 2.05) is 29.3 Å². The third-order valence-corrected chi connectivity index (χ3v) is 5.59. The quantitative estimate of drug-likeness (QED) is 0.805. The highest BCUT2D eigenvalue weighted by Crippen LogP contribution is 2.33. The Labute approximate surface area is 133 Å². The minimum atomic E-state index is 0.435. The summed E-state index contributed by atoms with van der Waals surface area (Å²) in [5.74, 6) is 0. The van der Waals surface area contributed by atoms with Crippen molar-refractivity contribution in [2.24, 2.45) is 7.05 Å². The fraction of sp³-hybridized carbons (Fsp3) is 0.533. The first-order valence-electron chi connectivity index (χ1n) is 7.07. The van der Waals surface area contributed by atoms with Gasteiger partial charge in [0.15, 0.2) is 0 Å². The smallest absolute Gasteiger partial charge is 0.0731 e. The second-order valence-corrected chi connectivity index (χ2v) is 7.57. The van der Waals surface area contributed by atoms with Crippen LogP contribution in [0.2, 0.25) is 0 Å². The molecule has 0 fully saturated rings. The Kier molecular flexibility index (Phi) is 5.81. The van der Waals surface area contributed by atoms with E-state index in [1.54, 1.807) is 0 Å². The molecule has 2 rings (SSSR count). The molecule has 0 aliphatic rings. The molecule has 1 N–H and O–H groups in total. The van der Waals surface area contributed by atoms with E-state index in [4.69, 9.17) is 0 Å². The van der Waals surface area contributed by atoms with Crippen LogP contribution in [0, 0.1) is 6.92 Å². The van der Waals surface area contributed by atoms with Gasteiger partial charge in [-0.1, -0.05) is 6.92 Å². The van der Waals surface area contributed by atoms with E-state index in [-0.39, 0.29) is 0 Å². The van der Waals surface area contributed by atoms with Gasteiger partial charge in [0.1, 0.15) is 0 Å². The minimum absolute atomic E-state index is 0.435. The number of hydrogen-bond donors (Lipinski definition) is 1. The van der Waals surface area contributed by atoms with Crippen LogP contribution in [0.15, 0.2) is 22.2 Å². The third kappa shape index (κ3) is 4.17. The number of thiophene rings is 1. The first-order chi connectivity index (χ1) is 9.60. The van der Waals surface area contributed by atoms with Gasteiger partial charge in [-0.3, -0.25) is 4.68 Å². The molecule has 0 radical (unpaired) electrons. The number of halogens is 1. The lowest BCUT2D eigenvalue weighted by molar-refractivity contribution is 0.506.